The summed E-state index contributed by atoms with van der Waals surface area (Å²) in [6.45, 7) is -0.401. The second kappa shape index (κ2) is 9.18. The largest absolute Gasteiger partial charge is 0.497 e. The van der Waals surface area contributed by atoms with E-state index in [1.807, 2.05) is 47.2 Å². The van der Waals surface area contributed by atoms with Crippen LogP contribution in [0.1, 0.15) is 5.69 Å². The summed E-state index contributed by atoms with van der Waals surface area (Å²) in [6.07, 6.45) is 3.36. The van der Waals surface area contributed by atoms with Gasteiger partial charge in [-0.15, -0.1) is 0 Å². The molecule has 9 nitrogen and oxygen atoms in total. The molecule has 2 aromatic carbocycles. The van der Waals surface area contributed by atoms with Gasteiger partial charge in [-0.2, -0.15) is 5.10 Å². The number of hydrogen-bond donors (Lipinski definition) is 1. The Balaban J connectivity index is 1.59. The zero-order chi connectivity index (χ0) is 20.6. The lowest BCUT2D eigenvalue weighted by Crippen LogP contribution is -2.24. The van der Waals surface area contributed by atoms with Gasteiger partial charge in [0.25, 0.3) is 5.91 Å². The Labute approximate surface area is 166 Å². The quantitative estimate of drug-likeness (QED) is 0.359. The van der Waals surface area contributed by atoms with Gasteiger partial charge in [0.2, 0.25) is 0 Å². The SMILES string of the molecule is COc1ccc(-n2cccc2/C=N/NC(=O)COc2ccccc2[N+](=O)[O-])cc1. The second-order valence-electron chi connectivity index (χ2n) is 5.81. The van der Waals surface area contributed by atoms with Crippen LogP contribution in [0.4, 0.5) is 5.69 Å². The highest BCUT2D eigenvalue weighted by Gasteiger charge is 2.14. The fourth-order valence-electron chi connectivity index (χ4n) is 2.55. The number of carbonyl (C=O) groups is 1. The van der Waals surface area contributed by atoms with Gasteiger partial charge >= 0.3 is 5.69 Å². The third kappa shape index (κ3) is 4.98. The Morgan fingerprint density at radius 3 is 2.66 bits per heavy atom. The molecule has 9 heteroatoms. The Bertz CT molecular complexity index is 1030. The summed E-state index contributed by atoms with van der Waals surface area (Å²) < 4.78 is 12.3. The molecule has 0 atom stereocenters. The maximum absolute atomic E-state index is 11.9. The van der Waals surface area contributed by atoms with Gasteiger partial charge in [-0.3, -0.25) is 14.9 Å². The van der Waals surface area contributed by atoms with Gasteiger partial charge in [0.15, 0.2) is 12.4 Å². The summed E-state index contributed by atoms with van der Waals surface area (Å²) in [5, 5.41) is 14.9. The lowest BCUT2D eigenvalue weighted by atomic mass is 10.3. The standard InChI is InChI=1S/C20H18N4O5/c1-28-17-10-8-15(9-11-17)23-12-4-5-16(23)13-21-22-20(25)14-29-19-7-3-2-6-18(19)24(26)27/h2-13H,14H2,1H3,(H,22,25)/b21-13+. The van der Waals surface area contributed by atoms with Crippen molar-refractivity contribution >= 4 is 17.8 Å². The van der Waals surface area contributed by atoms with Crippen LogP contribution in [0.2, 0.25) is 0 Å². The molecule has 148 valence electrons. The van der Waals surface area contributed by atoms with Crippen LogP contribution in [0, 0.1) is 10.1 Å². The predicted octanol–water partition coefficient (Wildman–Crippen LogP) is 2.92. The molecule has 3 aromatic rings. The van der Waals surface area contributed by atoms with Gasteiger partial charge in [-0.1, -0.05) is 12.1 Å². The van der Waals surface area contributed by atoms with E-state index in [9.17, 15) is 14.9 Å². The molecule has 1 N–H and O–H groups in total. The van der Waals surface area contributed by atoms with Crippen molar-refractivity contribution in [3.05, 3.63) is 82.7 Å². The van der Waals surface area contributed by atoms with Crippen molar-refractivity contribution in [1.82, 2.24) is 9.99 Å². The first-order valence-corrected chi connectivity index (χ1v) is 8.58. The van der Waals surface area contributed by atoms with Crippen LogP contribution in [0.5, 0.6) is 11.5 Å². The number of ether oxygens (including phenoxy) is 2. The van der Waals surface area contributed by atoms with Crippen molar-refractivity contribution < 1.29 is 19.2 Å². The molecule has 1 aromatic heterocycles. The van der Waals surface area contributed by atoms with Crippen molar-refractivity contribution in [2.45, 2.75) is 0 Å². The molecule has 29 heavy (non-hydrogen) atoms. The molecule has 0 saturated heterocycles. The highest BCUT2D eigenvalue weighted by Crippen LogP contribution is 2.25. The maximum Gasteiger partial charge on any atom is 0.310 e. The molecule has 0 spiro atoms. The average Bonchev–Trinajstić information content (AvgIpc) is 3.21. The van der Waals surface area contributed by atoms with E-state index in [0.717, 1.165) is 17.1 Å². The van der Waals surface area contributed by atoms with Crippen LogP contribution in [-0.2, 0) is 4.79 Å². The Kier molecular flexibility index (Phi) is 6.21. The monoisotopic (exact) mass is 394 g/mol. The van der Waals surface area contributed by atoms with Gasteiger partial charge in [0.05, 0.1) is 23.9 Å². The Morgan fingerprint density at radius 2 is 1.93 bits per heavy atom. The number of hydrazone groups is 1. The molecule has 0 bridgehead atoms. The van der Waals surface area contributed by atoms with Crippen molar-refractivity contribution in [2.75, 3.05) is 13.7 Å². The lowest BCUT2D eigenvalue weighted by molar-refractivity contribution is -0.385. The van der Waals surface area contributed by atoms with Gasteiger partial charge in [-0.05, 0) is 42.5 Å². The summed E-state index contributed by atoms with van der Waals surface area (Å²) >= 11 is 0. The van der Waals surface area contributed by atoms with Crippen LogP contribution in [0.15, 0.2) is 72.0 Å². The fourth-order valence-corrected chi connectivity index (χ4v) is 2.55. The van der Waals surface area contributed by atoms with E-state index in [1.54, 1.807) is 13.2 Å². The second-order valence-corrected chi connectivity index (χ2v) is 5.81. The smallest absolute Gasteiger partial charge is 0.310 e. The van der Waals surface area contributed by atoms with Crippen LogP contribution in [-0.4, -0.2) is 35.3 Å². The molecule has 0 aliphatic carbocycles. The first-order chi connectivity index (χ1) is 14.1. The average molecular weight is 394 g/mol. The number of para-hydroxylation sites is 2. The third-order valence-electron chi connectivity index (χ3n) is 3.94. The van der Waals surface area contributed by atoms with Crippen molar-refractivity contribution in [2.24, 2.45) is 5.10 Å². The summed E-state index contributed by atoms with van der Waals surface area (Å²) in [6, 6.07) is 17.0. The van der Waals surface area contributed by atoms with E-state index in [2.05, 4.69) is 10.5 Å². The zero-order valence-electron chi connectivity index (χ0n) is 15.5. The van der Waals surface area contributed by atoms with Crippen LogP contribution < -0.4 is 14.9 Å². The van der Waals surface area contributed by atoms with E-state index in [4.69, 9.17) is 9.47 Å². The summed E-state index contributed by atoms with van der Waals surface area (Å²) in [5.74, 6) is 0.231. The third-order valence-corrected chi connectivity index (χ3v) is 3.94. The molecule has 1 amide bonds. The highest BCUT2D eigenvalue weighted by molar-refractivity contribution is 5.82. The number of aromatic nitrogens is 1. The molecular formula is C20H18N4O5. The highest BCUT2D eigenvalue weighted by atomic mass is 16.6. The molecule has 1 heterocycles. The Morgan fingerprint density at radius 1 is 1.17 bits per heavy atom. The summed E-state index contributed by atoms with van der Waals surface area (Å²) in [4.78, 5) is 22.3. The van der Waals surface area contributed by atoms with Gasteiger partial charge in [0, 0.05) is 18.0 Å². The number of amides is 1. The number of nitro groups is 1. The molecular weight excluding hydrogens is 376 g/mol. The van der Waals surface area contributed by atoms with E-state index in [0.29, 0.717) is 0 Å². The number of methoxy groups -OCH3 is 1. The molecule has 3 rings (SSSR count). The van der Waals surface area contributed by atoms with Crippen molar-refractivity contribution in [3.8, 4) is 17.2 Å². The number of rotatable bonds is 8. The molecule has 0 saturated carbocycles. The van der Waals surface area contributed by atoms with E-state index >= 15 is 0 Å². The molecule has 0 unspecified atom stereocenters. The number of nitrogens with zero attached hydrogens (tertiary/aromatic N) is 3. The number of nitro benzene ring substituents is 1. The zero-order valence-corrected chi connectivity index (χ0v) is 15.5. The van der Waals surface area contributed by atoms with Crippen molar-refractivity contribution in [3.63, 3.8) is 0 Å². The van der Waals surface area contributed by atoms with E-state index in [-0.39, 0.29) is 11.4 Å². The van der Waals surface area contributed by atoms with Crippen LogP contribution >= 0.6 is 0 Å². The normalized spacial score (nSPS) is 10.7. The number of hydrogen-bond acceptors (Lipinski definition) is 6. The minimum Gasteiger partial charge on any atom is -0.497 e. The molecule has 0 radical (unpaired) electrons. The van der Waals surface area contributed by atoms with Gasteiger partial charge in [-0.25, -0.2) is 5.43 Å². The molecule has 0 aliphatic heterocycles. The van der Waals surface area contributed by atoms with Crippen LogP contribution in [0.25, 0.3) is 5.69 Å². The first-order valence-electron chi connectivity index (χ1n) is 8.58. The maximum atomic E-state index is 11.9. The van der Waals surface area contributed by atoms with E-state index < -0.39 is 17.4 Å². The minimum atomic E-state index is -0.571. The molecule has 0 aliphatic rings. The number of nitrogens with one attached hydrogen (secondary N) is 1. The Hall–Kier alpha value is -4.14. The fraction of sp³-hybridized carbons (Fsp3) is 0.100. The number of benzene rings is 2. The van der Waals surface area contributed by atoms with E-state index in [1.165, 1.54) is 24.4 Å². The van der Waals surface area contributed by atoms with Crippen molar-refractivity contribution in [1.29, 1.82) is 0 Å². The molecule has 0 fully saturated rings. The van der Waals surface area contributed by atoms with Gasteiger partial charge in [0.1, 0.15) is 5.75 Å². The first kappa shape index (κ1) is 19.6. The topological polar surface area (TPSA) is 108 Å². The number of carbonyl (C=O) groups excluding carboxylic acids is 1. The lowest BCUT2D eigenvalue weighted by Gasteiger charge is -2.07. The van der Waals surface area contributed by atoms with Gasteiger partial charge < -0.3 is 14.0 Å². The van der Waals surface area contributed by atoms with Crippen LogP contribution in [0.3, 0.4) is 0 Å². The summed E-state index contributed by atoms with van der Waals surface area (Å²) in [7, 11) is 1.60. The summed E-state index contributed by atoms with van der Waals surface area (Å²) in [5.41, 5.74) is 3.78. The minimum absolute atomic E-state index is 0.0185. The predicted molar refractivity (Wildman–Crippen MR) is 107 cm³/mol.